The van der Waals surface area contributed by atoms with Crippen molar-refractivity contribution in [1.29, 1.82) is 0 Å². The zero-order valence-electron chi connectivity index (χ0n) is 11.1. The fourth-order valence-electron chi connectivity index (χ4n) is 1.74. The van der Waals surface area contributed by atoms with E-state index in [1.807, 2.05) is 0 Å². The molecule has 0 N–H and O–H groups in total. The predicted molar refractivity (Wildman–Crippen MR) is 80.0 cm³/mol. The molecule has 0 aliphatic carbocycles. The summed E-state index contributed by atoms with van der Waals surface area (Å²) in [6.07, 6.45) is 0. The lowest BCUT2D eigenvalue weighted by molar-refractivity contribution is 0.415. The number of nitrogens with zero attached hydrogens (tertiary/aromatic N) is 1. The van der Waals surface area contributed by atoms with Crippen molar-refractivity contribution in [2.24, 2.45) is 0 Å². The fourth-order valence-corrected chi connectivity index (χ4v) is 3.20. The van der Waals surface area contributed by atoms with Crippen molar-refractivity contribution in [3.05, 3.63) is 53.6 Å². The molecule has 2 aromatic carbocycles. The Balaban J connectivity index is 2.41. The summed E-state index contributed by atoms with van der Waals surface area (Å²) in [6.45, 7) is 0. The average molecular weight is 312 g/mol. The van der Waals surface area contributed by atoms with Crippen molar-refractivity contribution in [3.8, 4) is 5.75 Å². The Bertz CT molecular complexity index is 702. The van der Waals surface area contributed by atoms with E-state index in [4.69, 9.17) is 16.3 Å². The normalized spacial score (nSPS) is 11.2. The SMILES string of the molecule is COc1ccc(N(C)S(=O)(=O)c2ccccc2)cc1Cl. The van der Waals surface area contributed by atoms with Gasteiger partial charge in [-0.3, -0.25) is 4.31 Å². The van der Waals surface area contributed by atoms with Gasteiger partial charge in [-0.15, -0.1) is 0 Å². The molecule has 0 aliphatic rings. The zero-order valence-corrected chi connectivity index (χ0v) is 12.6. The van der Waals surface area contributed by atoms with Crippen LogP contribution < -0.4 is 9.04 Å². The second-order valence-corrected chi connectivity index (χ2v) is 6.48. The number of anilines is 1. The maximum absolute atomic E-state index is 12.4. The maximum Gasteiger partial charge on any atom is 0.264 e. The highest BCUT2D eigenvalue weighted by molar-refractivity contribution is 7.92. The number of rotatable bonds is 4. The lowest BCUT2D eigenvalue weighted by Gasteiger charge is -2.20. The van der Waals surface area contributed by atoms with Crippen LogP contribution in [0.2, 0.25) is 5.02 Å². The first-order valence-corrected chi connectivity index (χ1v) is 7.66. The molecular formula is C14H14ClNO3S. The summed E-state index contributed by atoms with van der Waals surface area (Å²) in [6, 6.07) is 13.1. The van der Waals surface area contributed by atoms with Crippen LogP contribution in [0.25, 0.3) is 0 Å². The molecule has 106 valence electrons. The van der Waals surface area contributed by atoms with Gasteiger partial charge in [-0.1, -0.05) is 29.8 Å². The Morgan fingerprint density at radius 2 is 1.75 bits per heavy atom. The lowest BCUT2D eigenvalue weighted by Crippen LogP contribution is -2.26. The molecule has 0 aliphatic heterocycles. The summed E-state index contributed by atoms with van der Waals surface area (Å²) < 4.78 is 31.1. The second-order valence-electron chi connectivity index (χ2n) is 4.10. The smallest absolute Gasteiger partial charge is 0.264 e. The van der Waals surface area contributed by atoms with E-state index in [2.05, 4.69) is 0 Å². The standard InChI is InChI=1S/C14H14ClNO3S/c1-16(11-8-9-14(19-2)13(15)10-11)20(17,18)12-6-4-3-5-7-12/h3-10H,1-2H3. The van der Waals surface area contributed by atoms with E-state index in [1.54, 1.807) is 48.5 Å². The molecule has 0 radical (unpaired) electrons. The van der Waals surface area contributed by atoms with E-state index in [0.717, 1.165) is 0 Å². The summed E-state index contributed by atoms with van der Waals surface area (Å²) in [7, 11) is -0.603. The summed E-state index contributed by atoms with van der Waals surface area (Å²) in [5, 5.41) is 0.361. The van der Waals surface area contributed by atoms with E-state index in [9.17, 15) is 8.42 Å². The molecule has 0 aromatic heterocycles. The van der Waals surface area contributed by atoms with Gasteiger partial charge in [0.25, 0.3) is 10.0 Å². The molecule has 0 atom stereocenters. The lowest BCUT2D eigenvalue weighted by atomic mass is 10.3. The van der Waals surface area contributed by atoms with Gasteiger partial charge >= 0.3 is 0 Å². The molecule has 6 heteroatoms. The molecular weight excluding hydrogens is 298 g/mol. The maximum atomic E-state index is 12.4. The van der Waals surface area contributed by atoms with Gasteiger partial charge in [0.15, 0.2) is 0 Å². The molecule has 4 nitrogen and oxygen atoms in total. The molecule has 0 amide bonds. The van der Waals surface area contributed by atoms with Gasteiger partial charge in [-0.2, -0.15) is 0 Å². The third-order valence-electron chi connectivity index (χ3n) is 2.90. The quantitative estimate of drug-likeness (QED) is 0.871. The van der Waals surface area contributed by atoms with Crippen LogP contribution in [-0.4, -0.2) is 22.6 Å². The predicted octanol–water partition coefficient (Wildman–Crippen LogP) is 3.17. The van der Waals surface area contributed by atoms with Crippen molar-refractivity contribution in [1.82, 2.24) is 0 Å². The molecule has 2 aromatic rings. The molecule has 0 heterocycles. The Labute approximate surface area is 123 Å². The Morgan fingerprint density at radius 1 is 1.10 bits per heavy atom. The van der Waals surface area contributed by atoms with Gasteiger partial charge in [0.05, 0.1) is 22.7 Å². The summed E-state index contributed by atoms with van der Waals surface area (Å²) in [5.74, 6) is 0.501. The third kappa shape index (κ3) is 2.73. The van der Waals surface area contributed by atoms with Gasteiger partial charge in [0, 0.05) is 7.05 Å². The Hall–Kier alpha value is -1.72. The highest BCUT2D eigenvalue weighted by Gasteiger charge is 2.21. The fraction of sp³-hybridized carbons (Fsp3) is 0.143. The summed E-state index contributed by atoms with van der Waals surface area (Å²) >= 11 is 6.02. The van der Waals surface area contributed by atoms with Gasteiger partial charge in [0.2, 0.25) is 0 Å². The van der Waals surface area contributed by atoms with Crippen molar-refractivity contribution in [3.63, 3.8) is 0 Å². The van der Waals surface area contributed by atoms with Crippen LogP contribution in [0.1, 0.15) is 0 Å². The molecule has 0 bridgehead atoms. The number of methoxy groups -OCH3 is 1. The number of hydrogen-bond acceptors (Lipinski definition) is 3. The van der Waals surface area contributed by atoms with Crippen molar-refractivity contribution in [2.45, 2.75) is 4.90 Å². The van der Waals surface area contributed by atoms with E-state index in [0.29, 0.717) is 16.5 Å². The van der Waals surface area contributed by atoms with Crippen LogP contribution in [0.4, 0.5) is 5.69 Å². The molecule has 0 saturated heterocycles. The van der Waals surface area contributed by atoms with Gasteiger partial charge in [-0.05, 0) is 30.3 Å². The largest absolute Gasteiger partial charge is 0.495 e. The molecule has 0 saturated carbocycles. The number of halogens is 1. The second kappa shape index (κ2) is 5.73. The van der Waals surface area contributed by atoms with Gasteiger partial charge < -0.3 is 4.74 Å². The first-order chi connectivity index (χ1) is 9.46. The number of hydrogen-bond donors (Lipinski definition) is 0. The minimum absolute atomic E-state index is 0.231. The minimum Gasteiger partial charge on any atom is -0.495 e. The van der Waals surface area contributed by atoms with Crippen molar-refractivity contribution in [2.75, 3.05) is 18.5 Å². The van der Waals surface area contributed by atoms with E-state index in [1.165, 1.54) is 18.5 Å². The minimum atomic E-state index is -3.59. The zero-order chi connectivity index (χ0) is 14.8. The number of benzene rings is 2. The summed E-state index contributed by atoms with van der Waals surface area (Å²) in [5.41, 5.74) is 0.472. The van der Waals surface area contributed by atoms with Crippen LogP contribution in [0.3, 0.4) is 0 Å². The first-order valence-electron chi connectivity index (χ1n) is 5.84. The number of sulfonamides is 1. The van der Waals surface area contributed by atoms with Crippen LogP contribution in [0.15, 0.2) is 53.4 Å². The number of ether oxygens (including phenoxy) is 1. The summed E-state index contributed by atoms with van der Waals surface area (Å²) in [4.78, 5) is 0.231. The molecule has 20 heavy (non-hydrogen) atoms. The van der Waals surface area contributed by atoms with Crippen molar-refractivity contribution < 1.29 is 13.2 Å². The van der Waals surface area contributed by atoms with Crippen LogP contribution >= 0.6 is 11.6 Å². The average Bonchev–Trinajstić information content (AvgIpc) is 2.47. The van der Waals surface area contributed by atoms with E-state index < -0.39 is 10.0 Å². The topological polar surface area (TPSA) is 46.6 Å². The Kier molecular flexibility index (Phi) is 4.20. The van der Waals surface area contributed by atoms with Gasteiger partial charge in [0.1, 0.15) is 5.75 Å². The van der Waals surface area contributed by atoms with E-state index in [-0.39, 0.29) is 4.90 Å². The molecule has 0 spiro atoms. The van der Waals surface area contributed by atoms with E-state index >= 15 is 0 Å². The molecule has 0 unspecified atom stereocenters. The van der Waals surface area contributed by atoms with Crippen LogP contribution in [-0.2, 0) is 10.0 Å². The highest BCUT2D eigenvalue weighted by atomic mass is 35.5. The monoisotopic (exact) mass is 311 g/mol. The van der Waals surface area contributed by atoms with Crippen LogP contribution in [0, 0.1) is 0 Å². The molecule has 2 rings (SSSR count). The molecule has 0 fully saturated rings. The van der Waals surface area contributed by atoms with Gasteiger partial charge in [-0.25, -0.2) is 8.42 Å². The Morgan fingerprint density at radius 3 is 2.30 bits per heavy atom. The first kappa shape index (κ1) is 14.7. The van der Waals surface area contributed by atoms with Crippen LogP contribution in [0.5, 0.6) is 5.75 Å². The van der Waals surface area contributed by atoms with Crippen molar-refractivity contribution >= 4 is 27.3 Å². The third-order valence-corrected chi connectivity index (χ3v) is 5.00. The highest BCUT2D eigenvalue weighted by Crippen LogP contribution is 2.30.